The van der Waals surface area contributed by atoms with Crippen LogP contribution in [0, 0.1) is 0 Å². The van der Waals surface area contributed by atoms with Crippen molar-refractivity contribution in [3.8, 4) is 5.69 Å². The van der Waals surface area contributed by atoms with Gasteiger partial charge in [-0.2, -0.15) is 0 Å². The topological polar surface area (TPSA) is 30.9 Å². The lowest BCUT2D eigenvalue weighted by atomic mass is 9.81. The van der Waals surface area contributed by atoms with Gasteiger partial charge in [-0.3, -0.25) is 0 Å². The molecule has 0 spiro atoms. The van der Waals surface area contributed by atoms with Gasteiger partial charge in [-0.1, -0.05) is 121 Å². The van der Waals surface area contributed by atoms with E-state index in [0.29, 0.717) is 0 Å². The van der Waals surface area contributed by atoms with Gasteiger partial charge in [-0.05, 0) is 101 Å². The summed E-state index contributed by atoms with van der Waals surface area (Å²) < 4.78 is 2.43. The van der Waals surface area contributed by atoms with E-state index in [4.69, 9.17) is 5.73 Å². The van der Waals surface area contributed by atoms with Crippen LogP contribution in [-0.4, -0.2) is 4.57 Å². The van der Waals surface area contributed by atoms with Crippen LogP contribution in [0.3, 0.4) is 0 Å². The normalized spacial score (nSPS) is 15.3. The molecule has 2 aliphatic rings. The highest BCUT2D eigenvalue weighted by atomic mass is 15.0. The molecule has 2 atom stereocenters. The number of hydrogen-bond acceptors (Lipinski definition) is 1. The highest BCUT2D eigenvalue weighted by molar-refractivity contribution is 5.90. The molecule has 0 saturated carbocycles. The van der Waals surface area contributed by atoms with E-state index in [9.17, 15) is 0 Å². The second-order valence-electron chi connectivity index (χ2n) is 12.6. The zero-order valence-corrected chi connectivity index (χ0v) is 25.6. The highest BCUT2D eigenvalue weighted by Crippen LogP contribution is 2.37. The molecular weight excluding hydrogens is 544 g/mol. The Hall–Kier alpha value is -4.92. The summed E-state index contributed by atoms with van der Waals surface area (Å²) in [6.45, 7) is 0. The minimum absolute atomic E-state index is 0.118. The van der Waals surface area contributed by atoms with Crippen molar-refractivity contribution in [3.63, 3.8) is 0 Å². The number of nitrogens with zero attached hydrogens (tertiary/aromatic N) is 1. The van der Waals surface area contributed by atoms with Gasteiger partial charge in [0, 0.05) is 28.7 Å². The molecule has 1 aromatic heterocycles. The summed E-state index contributed by atoms with van der Waals surface area (Å²) >= 11 is 0. The van der Waals surface area contributed by atoms with E-state index < -0.39 is 0 Å². The Morgan fingerprint density at radius 2 is 1.47 bits per heavy atom. The molecule has 2 N–H and O–H groups in total. The first-order valence-corrected chi connectivity index (χ1v) is 16.3. The Bertz CT molecular complexity index is 2040. The van der Waals surface area contributed by atoms with Gasteiger partial charge >= 0.3 is 0 Å². The molecule has 5 aromatic carbocycles. The van der Waals surface area contributed by atoms with Crippen LogP contribution in [-0.2, 0) is 19.3 Å². The first-order chi connectivity index (χ1) is 22.2. The van der Waals surface area contributed by atoms with Gasteiger partial charge in [0.05, 0.1) is 5.52 Å². The molecular formula is C43H38N2. The van der Waals surface area contributed by atoms with Gasteiger partial charge < -0.3 is 10.3 Å². The van der Waals surface area contributed by atoms with Crippen LogP contribution in [0.5, 0.6) is 0 Å². The van der Waals surface area contributed by atoms with Crippen LogP contribution in [0.25, 0.3) is 34.3 Å². The molecule has 0 radical (unpaired) electrons. The molecule has 220 valence electrons. The summed E-state index contributed by atoms with van der Waals surface area (Å²) in [6, 6.07) is 46.4. The molecule has 0 saturated heterocycles. The lowest BCUT2D eigenvalue weighted by Crippen LogP contribution is -2.22. The van der Waals surface area contributed by atoms with Crippen LogP contribution >= 0.6 is 0 Å². The summed E-state index contributed by atoms with van der Waals surface area (Å²) in [4.78, 5) is 0. The molecule has 2 unspecified atom stereocenters. The van der Waals surface area contributed by atoms with Gasteiger partial charge in [-0.15, -0.1) is 0 Å². The lowest BCUT2D eigenvalue weighted by molar-refractivity contribution is 0.551. The molecule has 2 aliphatic carbocycles. The standard InChI is InChI=1S/C43H38N2/c44-43(32-12-2-1-3-13-32)40(36-16-10-15-34(29-36)35-24-23-31-11-4-5-14-33(31)28-35)27-30-21-25-37(26-22-30)45-41-19-8-6-17-38(41)39-18-7-9-20-42(39)45/h1-6,8-17,19-22,25-26,28-29,40,43H,7,18,23-24,27,44H2. The molecule has 2 nitrogen and oxygen atoms in total. The second-order valence-corrected chi connectivity index (χ2v) is 12.6. The van der Waals surface area contributed by atoms with Crippen molar-refractivity contribution in [1.29, 1.82) is 0 Å². The molecule has 0 amide bonds. The minimum atomic E-state index is -0.118. The van der Waals surface area contributed by atoms with Gasteiger partial charge in [0.1, 0.15) is 0 Å². The fourth-order valence-electron chi connectivity index (χ4n) is 7.49. The maximum atomic E-state index is 7.13. The van der Waals surface area contributed by atoms with E-state index in [1.165, 1.54) is 66.8 Å². The first kappa shape index (κ1) is 27.6. The SMILES string of the molecule is NC(c1ccccc1)C(Cc1ccc(-n2c3c(c4ccccc42)CCC=C3)cc1)c1cccc(C2=Cc3ccccc3CC2)c1. The highest BCUT2D eigenvalue weighted by Gasteiger charge is 2.24. The van der Waals surface area contributed by atoms with E-state index in [1.54, 1.807) is 0 Å². The zero-order valence-electron chi connectivity index (χ0n) is 25.6. The molecule has 0 fully saturated rings. The smallest absolute Gasteiger partial charge is 0.0537 e. The number of aromatic nitrogens is 1. The molecule has 2 heteroatoms. The predicted octanol–water partition coefficient (Wildman–Crippen LogP) is 10.1. The van der Waals surface area contributed by atoms with Gasteiger partial charge in [0.2, 0.25) is 0 Å². The number of allylic oxidation sites excluding steroid dienone is 2. The van der Waals surface area contributed by atoms with Crippen LogP contribution < -0.4 is 5.73 Å². The Morgan fingerprint density at radius 1 is 0.689 bits per heavy atom. The van der Waals surface area contributed by atoms with Crippen LogP contribution in [0.1, 0.15) is 69.4 Å². The van der Waals surface area contributed by atoms with Crippen molar-refractivity contribution in [2.24, 2.45) is 5.73 Å². The van der Waals surface area contributed by atoms with Crippen molar-refractivity contribution in [3.05, 3.63) is 178 Å². The zero-order chi connectivity index (χ0) is 30.2. The number of hydrogen-bond donors (Lipinski definition) is 1. The van der Waals surface area contributed by atoms with Crippen molar-refractivity contribution in [1.82, 2.24) is 4.57 Å². The second kappa shape index (κ2) is 11.9. The summed E-state index contributed by atoms with van der Waals surface area (Å²) in [5, 5.41) is 1.37. The van der Waals surface area contributed by atoms with Crippen molar-refractivity contribution >= 4 is 28.6 Å². The third kappa shape index (κ3) is 5.26. The number of nitrogens with two attached hydrogens (primary N) is 1. The van der Waals surface area contributed by atoms with E-state index in [2.05, 4.69) is 150 Å². The molecule has 6 aromatic rings. The summed E-state index contributed by atoms with van der Waals surface area (Å²) in [5.41, 5.74) is 21.7. The number of para-hydroxylation sites is 1. The number of benzene rings is 5. The molecule has 8 rings (SSSR count). The van der Waals surface area contributed by atoms with E-state index in [0.717, 1.165) is 32.1 Å². The van der Waals surface area contributed by atoms with E-state index >= 15 is 0 Å². The van der Waals surface area contributed by atoms with Gasteiger partial charge in [0.25, 0.3) is 0 Å². The fourth-order valence-corrected chi connectivity index (χ4v) is 7.49. The van der Waals surface area contributed by atoms with Crippen LogP contribution in [0.2, 0.25) is 0 Å². The summed E-state index contributed by atoms with van der Waals surface area (Å²) in [7, 11) is 0. The Labute approximate surface area is 266 Å². The maximum absolute atomic E-state index is 7.13. The lowest BCUT2D eigenvalue weighted by Gasteiger charge is -2.26. The van der Waals surface area contributed by atoms with Crippen molar-refractivity contribution < 1.29 is 0 Å². The summed E-state index contributed by atoms with van der Waals surface area (Å²) in [6.07, 6.45) is 12.2. The summed E-state index contributed by atoms with van der Waals surface area (Å²) in [5.74, 6) is 0.137. The number of fused-ring (bicyclic) bond motifs is 4. The fraction of sp³-hybridized carbons (Fsp3) is 0.163. The Kier molecular flexibility index (Phi) is 7.29. The molecule has 0 aliphatic heterocycles. The third-order valence-corrected chi connectivity index (χ3v) is 9.86. The van der Waals surface area contributed by atoms with E-state index in [-0.39, 0.29) is 12.0 Å². The maximum Gasteiger partial charge on any atom is 0.0537 e. The van der Waals surface area contributed by atoms with Crippen LogP contribution in [0.4, 0.5) is 0 Å². The quantitative estimate of drug-likeness (QED) is 0.199. The van der Waals surface area contributed by atoms with Gasteiger partial charge in [0.15, 0.2) is 0 Å². The third-order valence-electron chi connectivity index (χ3n) is 9.86. The average molecular weight is 583 g/mol. The van der Waals surface area contributed by atoms with Crippen molar-refractivity contribution in [2.75, 3.05) is 0 Å². The number of rotatable bonds is 7. The largest absolute Gasteiger partial charge is 0.323 e. The molecule has 45 heavy (non-hydrogen) atoms. The molecule has 0 bridgehead atoms. The first-order valence-electron chi connectivity index (χ1n) is 16.3. The average Bonchev–Trinajstić information content (AvgIpc) is 3.45. The Morgan fingerprint density at radius 3 is 2.36 bits per heavy atom. The van der Waals surface area contributed by atoms with E-state index in [1.807, 2.05) is 0 Å². The monoisotopic (exact) mass is 582 g/mol. The predicted molar refractivity (Wildman–Crippen MR) is 190 cm³/mol. The minimum Gasteiger partial charge on any atom is -0.323 e. The number of aryl methyl sites for hydroxylation is 2. The Balaban J connectivity index is 1.14. The van der Waals surface area contributed by atoms with Crippen molar-refractivity contribution in [2.45, 2.75) is 44.1 Å². The van der Waals surface area contributed by atoms with Gasteiger partial charge in [-0.25, -0.2) is 0 Å². The molecule has 1 heterocycles. The van der Waals surface area contributed by atoms with Crippen LogP contribution in [0.15, 0.2) is 133 Å².